The van der Waals surface area contributed by atoms with Crippen LogP contribution in [0, 0.1) is 0 Å². The zero-order chi connectivity index (χ0) is 14.9. The molecule has 20 heavy (non-hydrogen) atoms. The molecule has 0 aromatic heterocycles. The summed E-state index contributed by atoms with van der Waals surface area (Å²) < 4.78 is 10.5. The number of β-amino-alcohol motifs (C(OH)–C–C–N with tert-alkyl or cyclic N) is 1. The molecule has 1 heterocycles. The lowest BCUT2D eigenvalue weighted by Crippen LogP contribution is -2.54. The van der Waals surface area contributed by atoms with Gasteiger partial charge in [-0.1, -0.05) is 6.07 Å². The molecule has 0 amide bonds. The number of hydrogen-bond donors (Lipinski definition) is 2. The molecule has 0 aliphatic carbocycles. The van der Waals surface area contributed by atoms with Crippen molar-refractivity contribution >= 4 is 0 Å². The Morgan fingerprint density at radius 3 is 2.50 bits per heavy atom. The first-order valence-electron chi connectivity index (χ1n) is 6.71. The molecule has 5 heteroatoms. The molecule has 1 saturated heterocycles. The zero-order valence-electron chi connectivity index (χ0n) is 12.5. The molecule has 1 aromatic rings. The number of benzene rings is 1. The van der Waals surface area contributed by atoms with E-state index in [1.807, 2.05) is 30.1 Å². The number of likely N-dealkylation sites (tertiary alicyclic amines) is 1. The summed E-state index contributed by atoms with van der Waals surface area (Å²) in [5, 5.41) is 20.2. The van der Waals surface area contributed by atoms with Crippen LogP contribution in [0.4, 0.5) is 0 Å². The minimum atomic E-state index is -1.07. The molecule has 1 aliphatic rings. The largest absolute Gasteiger partial charge is 0.493 e. The summed E-state index contributed by atoms with van der Waals surface area (Å²) in [6.07, 6.45) is -0.254. The summed E-state index contributed by atoms with van der Waals surface area (Å²) in [6, 6.07) is 5.80. The van der Waals surface area contributed by atoms with Crippen molar-refractivity contribution in [1.29, 1.82) is 0 Å². The lowest BCUT2D eigenvalue weighted by molar-refractivity contribution is -0.121. The Balaban J connectivity index is 2.28. The minimum Gasteiger partial charge on any atom is -0.493 e. The molecule has 0 radical (unpaired) electrons. The van der Waals surface area contributed by atoms with Crippen molar-refractivity contribution in [1.82, 2.24) is 4.90 Å². The number of likely N-dealkylation sites (N-methyl/N-ethyl adjacent to an activating group) is 1. The van der Waals surface area contributed by atoms with Crippen LogP contribution in [-0.2, 0) is 0 Å². The van der Waals surface area contributed by atoms with Gasteiger partial charge in [-0.25, -0.2) is 0 Å². The predicted octanol–water partition coefficient (Wildman–Crippen LogP) is 1.19. The van der Waals surface area contributed by atoms with Crippen LogP contribution >= 0.6 is 0 Å². The predicted molar refractivity (Wildman–Crippen MR) is 76.2 cm³/mol. The maximum absolute atomic E-state index is 10.1. The van der Waals surface area contributed by atoms with Crippen LogP contribution < -0.4 is 9.47 Å². The monoisotopic (exact) mass is 281 g/mol. The summed E-state index contributed by atoms with van der Waals surface area (Å²) >= 11 is 0. The zero-order valence-corrected chi connectivity index (χ0v) is 12.5. The van der Waals surface area contributed by atoms with E-state index in [0.29, 0.717) is 24.5 Å². The summed E-state index contributed by atoms with van der Waals surface area (Å²) in [7, 11) is 5.15. The van der Waals surface area contributed by atoms with Gasteiger partial charge in [0.25, 0.3) is 0 Å². The fourth-order valence-corrected chi connectivity index (χ4v) is 2.82. The number of aliphatic hydroxyl groups excluding tert-OH is 1. The maximum atomic E-state index is 10.1. The van der Waals surface area contributed by atoms with Crippen molar-refractivity contribution in [3.05, 3.63) is 23.8 Å². The van der Waals surface area contributed by atoms with Crippen molar-refractivity contribution in [2.24, 2.45) is 0 Å². The van der Waals surface area contributed by atoms with Crippen molar-refractivity contribution in [2.75, 3.05) is 27.8 Å². The van der Waals surface area contributed by atoms with Crippen LogP contribution in [0.5, 0.6) is 11.5 Å². The average molecular weight is 281 g/mol. The number of ether oxygens (including phenoxy) is 2. The van der Waals surface area contributed by atoms with E-state index in [4.69, 9.17) is 9.47 Å². The molecule has 1 aromatic carbocycles. The van der Waals surface area contributed by atoms with Gasteiger partial charge in [0.05, 0.1) is 20.3 Å². The van der Waals surface area contributed by atoms with Crippen LogP contribution in [0.15, 0.2) is 18.2 Å². The summed E-state index contributed by atoms with van der Waals surface area (Å²) in [4.78, 5) is 2.05. The average Bonchev–Trinajstić information content (AvgIpc) is 2.41. The Morgan fingerprint density at radius 1 is 1.25 bits per heavy atom. The van der Waals surface area contributed by atoms with Gasteiger partial charge in [0, 0.05) is 12.6 Å². The Kier molecular flexibility index (Phi) is 4.22. The highest BCUT2D eigenvalue weighted by molar-refractivity contribution is 5.44. The van der Waals surface area contributed by atoms with E-state index >= 15 is 0 Å². The molecule has 3 atom stereocenters. The van der Waals surface area contributed by atoms with Gasteiger partial charge in [-0.05, 0) is 38.1 Å². The molecule has 0 saturated carbocycles. The molecule has 2 rings (SSSR count). The standard InChI is InChI=1S/C15H23NO4/c1-15(18)9-16(2)11(8-14(15)17)10-5-6-12(19-3)13(7-10)20-4/h5-7,11,14,17-18H,8-9H2,1-4H3/t11-,14+,15-/m0/s1. The molecular weight excluding hydrogens is 258 g/mol. The molecule has 1 aliphatic heterocycles. The first kappa shape index (κ1) is 15.1. The van der Waals surface area contributed by atoms with Crippen LogP contribution in [0.3, 0.4) is 0 Å². The van der Waals surface area contributed by atoms with E-state index in [-0.39, 0.29) is 6.04 Å². The molecule has 112 valence electrons. The molecule has 0 bridgehead atoms. The highest BCUT2D eigenvalue weighted by Crippen LogP contribution is 2.37. The summed E-state index contributed by atoms with van der Waals surface area (Å²) in [5.74, 6) is 1.35. The van der Waals surface area contributed by atoms with Gasteiger partial charge in [0.1, 0.15) is 5.60 Å². The summed E-state index contributed by atoms with van der Waals surface area (Å²) in [5.41, 5.74) is -0.0263. The molecule has 0 spiro atoms. The number of hydrogen-bond acceptors (Lipinski definition) is 5. The highest BCUT2D eigenvalue weighted by Gasteiger charge is 2.40. The number of methoxy groups -OCH3 is 2. The second-order valence-electron chi connectivity index (χ2n) is 5.65. The van der Waals surface area contributed by atoms with E-state index < -0.39 is 11.7 Å². The van der Waals surface area contributed by atoms with Crippen LogP contribution in [0.2, 0.25) is 0 Å². The maximum Gasteiger partial charge on any atom is 0.161 e. The molecule has 2 N–H and O–H groups in total. The van der Waals surface area contributed by atoms with Crippen molar-refractivity contribution in [2.45, 2.75) is 31.1 Å². The van der Waals surface area contributed by atoms with E-state index in [2.05, 4.69) is 0 Å². The van der Waals surface area contributed by atoms with Gasteiger partial charge in [-0.2, -0.15) is 0 Å². The van der Waals surface area contributed by atoms with Gasteiger partial charge in [0.15, 0.2) is 11.5 Å². The molecule has 5 nitrogen and oxygen atoms in total. The van der Waals surface area contributed by atoms with Crippen LogP contribution in [0.1, 0.15) is 24.9 Å². The number of rotatable bonds is 3. The smallest absolute Gasteiger partial charge is 0.161 e. The normalized spacial score (nSPS) is 31.1. The Morgan fingerprint density at radius 2 is 1.90 bits per heavy atom. The van der Waals surface area contributed by atoms with E-state index in [1.165, 1.54) is 0 Å². The van der Waals surface area contributed by atoms with Gasteiger partial charge in [-0.3, -0.25) is 4.90 Å². The number of nitrogens with zero attached hydrogens (tertiary/aromatic N) is 1. The fourth-order valence-electron chi connectivity index (χ4n) is 2.82. The third-order valence-electron chi connectivity index (χ3n) is 4.06. The number of aliphatic hydroxyl groups is 2. The van der Waals surface area contributed by atoms with Crippen molar-refractivity contribution < 1.29 is 19.7 Å². The minimum absolute atomic E-state index is 0.0463. The lowest BCUT2D eigenvalue weighted by atomic mass is 9.85. The molecule has 1 fully saturated rings. The third kappa shape index (κ3) is 2.75. The van der Waals surface area contributed by atoms with Gasteiger partial charge >= 0.3 is 0 Å². The first-order valence-corrected chi connectivity index (χ1v) is 6.71. The quantitative estimate of drug-likeness (QED) is 0.871. The Bertz CT molecular complexity index is 475. The van der Waals surface area contributed by atoms with Crippen LogP contribution in [0.25, 0.3) is 0 Å². The SMILES string of the molecule is COc1ccc([C@@H]2C[C@@H](O)[C@@](C)(O)CN2C)cc1OC. The first-order chi connectivity index (χ1) is 9.39. The lowest BCUT2D eigenvalue weighted by Gasteiger charge is -2.44. The Hall–Kier alpha value is -1.30. The highest BCUT2D eigenvalue weighted by atomic mass is 16.5. The fraction of sp³-hybridized carbons (Fsp3) is 0.600. The second kappa shape index (κ2) is 5.60. The van der Waals surface area contributed by atoms with Crippen molar-refractivity contribution in [3.63, 3.8) is 0 Å². The van der Waals surface area contributed by atoms with Gasteiger partial charge < -0.3 is 19.7 Å². The van der Waals surface area contributed by atoms with E-state index in [0.717, 1.165) is 5.56 Å². The van der Waals surface area contributed by atoms with Crippen LogP contribution in [-0.4, -0.2) is 54.6 Å². The van der Waals surface area contributed by atoms with Crippen molar-refractivity contribution in [3.8, 4) is 11.5 Å². The van der Waals surface area contributed by atoms with Gasteiger partial charge in [0.2, 0.25) is 0 Å². The molecular formula is C15H23NO4. The molecule has 0 unspecified atom stereocenters. The number of piperidine rings is 1. The second-order valence-corrected chi connectivity index (χ2v) is 5.65. The topological polar surface area (TPSA) is 62.2 Å². The summed E-state index contributed by atoms with van der Waals surface area (Å²) in [6.45, 7) is 2.09. The van der Waals surface area contributed by atoms with E-state index in [9.17, 15) is 10.2 Å². The third-order valence-corrected chi connectivity index (χ3v) is 4.06. The van der Waals surface area contributed by atoms with E-state index in [1.54, 1.807) is 21.1 Å². The van der Waals surface area contributed by atoms with Gasteiger partial charge in [-0.15, -0.1) is 0 Å². The Labute approximate surface area is 119 Å².